The van der Waals surface area contributed by atoms with Crippen LogP contribution in [0.25, 0.3) is 0 Å². The van der Waals surface area contributed by atoms with E-state index in [1.807, 2.05) is 18.2 Å². The van der Waals surface area contributed by atoms with Crippen molar-refractivity contribution in [1.29, 1.82) is 0 Å². The predicted octanol–water partition coefficient (Wildman–Crippen LogP) is 2.86. The molecule has 0 unspecified atom stereocenters. The van der Waals surface area contributed by atoms with E-state index in [4.69, 9.17) is 4.74 Å². The van der Waals surface area contributed by atoms with E-state index in [1.54, 1.807) is 12.1 Å². The summed E-state index contributed by atoms with van der Waals surface area (Å²) in [5, 5.41) is -0.836. The third-order valence-electron chi connectivity index (χ3n) is 4.87. The minimum absolute atomic E-state index is 0.0133. The molecule has 1 saturated heterocycles. The number of benzene rings is 2. The second kappa shape index (κ2) is 9.23. The molecule has 0 saturated carbocycles. The Labute approximate surface area is 171 Å². The Morgan fingerprint density at radius 1 is 1.00 bits per heavy atom. The first-order chi connectivity index (χ1) is 13.8. The van der Waals surface area contributed by atoms with Crippen LogP contribution in [-0.4, -0.2) is 51.8 Å². The lowest BCUT2D eigenvalue weighted by atomic mass is 10.2. The summed E-state index contributed by atoms with van der Waals surface area (Å²) in [5.41, 5.74) is 0. The van der Waals surface area contributed by atoms with Crippen LogP contribution < -0.4 is 4.74 Å². The highest BCUT2D eigenvalue weighted by Crippen LogP contribution is 2.25. The highest BCUT2D eigenvalue weighted by atomic mass is 32.2. The van der Waals surface area contributed by atoms with Gasteiger partial charge in [-0.1, -0.05) is 18.2 Å². The molecule has 0 bridgehead atoms. The van der Waals surface area contributed by atoms with Crippen LogP contribution in [0.15, 0.2) is 59.5 Å². The Hall–Kier alpha value is -1.97. The van der Waals surface area contributed by atoms with Crippen LogP contribution in [0.1, 0.15) is 19.3 Å². The summed E-state index contributed by atoms with van der Waals surface area (Å²) in [4.78, 5) is 0.0133. The van der Waals surface area contributed by atoms with Gasteiger partial charge in [-0.15, -0.1) is 0 Å². The molecule has 0 amide bonds. The van der Waals surface area contributed by atoms with Crippen LogP contribution >= 0.6 is 0 Å². The Morgan fingerprint density at radius 2 is 1.69 bits per heavy atom. The molecule has 2 aromatic rings. The molecular weight excluding hydrogens is 417 g/mol. The third-order valence-corrected chi connectivity index (χ3v) is 8.99. The van der Waals surface area contributed by atoms with Crippen LogP contribution in [0.4, 0.5) is 4.39 Å². The van der Waals surface area contributed by atoms with E-state index in [1.165, 1.54) is 16.4 Å². The average molecular weight is 442 g/mol. The van der Waals surface area contributed by atoms with Crippen molar-refractivity contribution in [1.82, 2.24) is 4.31 Å². The van der Waals surface area contributed by atoms with Crippen molar-refractivity contribution in [3.05, 3.63) is 60.4 Å². The van der Waals surface area contributed by atoms with Gasteiger partial charge in [-0.05, 0) is 55.7 Å². The maximum absolute atomic E-state index is 13.1. The van der Waals surface area contributed by atoms with Crippen LogP contribution in [0.3, 0.4) is 0 Å². The lowest BCUT2D eigenvalue weighted by Crippen LogP contribution is -2.46. The summed E-state index contributed by atoms with van der Waals surface area (Å²) in [6, 6.07) is 13.8. The number of rotatable bonds is 8. The molecule has 0 spiro atoms. The first kappa shape index (κ1) is 21.7. The molecule has 1 fully saturated rings. The lowest BCUT2D eigenvalue weighted by molar-refractivity contribution is 0.312. The summed E-state index contributed by atoms with van der Waals surface area (Å²) >= 11 is 0. The van der Waals surface area contributed by atoms with Gasteiger partial charge in [-0.2, -0.15) is 0 Å². The molecule has 1 aliphatic heterocycles. The van der Waals surface area contributed by atoms with Crippen LogP contribution in [-0.2, 0) is 19.9 Å². The average Bonchev–Trinajstić information content (AvgIpc) is 2.72. The van der Waals surface area contributed by atoms with E-state index in [0.717, 1.165) is 12.1 Å². The van der Waals surface area contributed by atoms with Gasteiger partial charge in [0.1, 0.15) is 11.6 Å². The number of piperidine rings is 1. The Balaban J connectivity index is 1.59. The number of para-hydroxylation sites is 1. The van der Waals surface area contributed by atoms with Crippen LogP contribution in [0.2, 0.25) is 0 Å². The molecule has 0 radical (unpaired) electrons. The van der Waals surface area contributed by atoms with Gasteiger partial charge in [0, 0.05) is 13.1 Å². The molecule has 1 heterocycles. The van der Waals surface area contributed by atoms with Crippen molar-refractivity contribution in [2.75, 3.05) is 25.4 Å². The summed E-state index contributed by atoms with van der Waals surface area (Å²) in [6.07, 6.45) is 1.15. The molecule has 0 aromatic heterocycles. The van der Waals surface area contributed by atoms with Crippen molar-refractivity contribution >= 4 is 19.9 Å². The molecule has 158 valence electrons. The van der Waals surface area contributed by atoms with Crippen molar-refractivity contribution in [3.8, 4) is 5.75 Å². The van der Waals surface area contributed by atoms with Gasteiger partial charge in [0.15, 0.2) is 9.84 Å². The number of hydrogen-bond donors (Lipinski definition) is 0. The number of hydrogen-bond acceptors (Lipinski definition) is 5. The maximum atomic E-state index is 13.1. The highest BCUT2D eigenvalue weighted by Gasteiger charge is 2.36. The molecule has 0 N–H and O–H groups in total. The second-order valence-electron chi connectivity index (χ2n) is 6.95. The van der Waals surface area contributed by atoms with Crippen molar-refractivity contribution < 1.29 is 26.0 Å². The lowest BCUT2D eigenvalue weighted by Gasteiger charge is -2.31. The van der Waals surface area contributed by atoms with E-state index in [0.29, 0.717) is 31.6 Å². The molecule has 0 aliphatic carbocycles. The molecule has 1 aliphatic rings. The number of ether oxygens (including phenoxy) is 1. The van der Waals surface area contributed by atoms with E-state index in [9.17, 15) is 21.2 Å². The molecule has 9 heteroatoms. The molecular formula is C20H24FNO5S2. The normalized spacial score (nSPS) is 18.4. The molecule has 6 nitrogen and oxygen atoms in total. The quantitative estimate of drug-likeness (QED) is 0.465. The van der Waals surface area contributed by atoms with Gasteiger partial charge < -0.3 is 4.74 Å². The fraction of sp³-hybridized carbons (Fsp3) is 0.400. The number of halogens is 1. The molecule has 2 aromatic carbocycles. The van der Waals surface area contributed by atoms with E-state index in [2.05, 4.69) is 0 Å². The first-order valence-electron chi connectivity index (χ1n) is 9.44. The van der Waals surface area contributed by atoms with Gasteiger partial charge in [0.25, 0.3) is 0 Å². The van der Waals surface area contributed by atoms with Crippen molar-refractivity contribution in [2.45, 2.75) is 29.4 Å². The van der Waals surface area contributed by atoms with Gasteiger partial charge in [0.2, 0.25) is 10.0 Å². The SMILES string of the molecule is O=S(=O)(c1ccc(F)cc1)[C@@H]1CCCN(S(=O)(=O)CCCOc2ccccc2)C1. The fourth-order valence-corrected chi connectivity index (χ4v) is 6.71. The summed E-state index contributed by atoms with van der Waals surface area (Å²) in [5.74, 6) is 0.0474. The largest absolute Gasteiger partial charge is 0.494 e. The Kier molecular flexibility index (Phi) is 6.92. The van der Waals surface area contributed by atoms with E-state index < -0.39 is 30.9 Å². The number of sulfone groups is 1. The Bertz CT molecular complexity index is 1010. The zero-order valence-corrected chi connectivity index (χ0v) is 17.5. The summed E-state index contributed by atoms with van der Waals surface area (Å²) < 4.78 is 70.9. The number of nitrogens with zero attached hydrogens (tertiary/aromatic N) is 1. The van der Waals surface area contributed by atoms with Crippen LogP contribution in [0, 0.1) is 5.82 Å². The fourth-order valence-electron chi connectivity index (χ4n) is 3.30. The second-order valence-corrected chi connectivity index (χ2v) is 11.3. The maximum Gasteiger partial charge on any atom is 0.214 e. The minimum Gasteiger partial charge on any atom is -0.494 e. The molecule has 1 atom stereocenters. The highest BCUT2D eigenvalue weighted by molar-refractivity contribution is 7.92. The van der Waals surface area contributed by atoms with E-state index >= 15 is 0 Å². The third kappa shape index (κ3) is 5.55. The van der Waals surface area contributed by atoms with Gasteiger partial charge in [-0.25, -0.2) is 25.5 Å². The van der Waals surface area contributed by atoms with Gasteiger partial charge >= 0.3 is 0 Å². The molecule has 29 heavy (non-hydrogen) atoms. The summed E-state index contributed by atoms with van der Waals surface area (Å²) in [6.45, 7) is 0.479. The predicted molar refractivity (Wildman–Crippen MR) is 109 cm³/mol. The van der Waals surface area contributed by atoms with Crippen LogP contribution in [0.5, 0.6) is 5.75 Å². The molecule has 3 rings (SSSR count). The standard InChI is InChI=1S/C20H24FNO5S2/c21-17-9-11-19(12-10-17)29(25,26)20-8-4-13-22(16-20)28(23,24)15-5-14-27-18-6-2-1-3-7-18/h1-3,6-7,9-12,20H,4-5,8,13-16H2/t20-/m1/s1. The van der Waals surface area contributed by atoms with Gasteiger partial charge in [-0.3, -0.25) is 0 Å². The Morgan fingerprint density at radius 3 is 2.38 bits per heavy atom. The van der Waals surface area contributed by atoms with Crippen molar-refractivity contribution in [2.24, 2.45) is 0 Å². The summed E-state index contributed by atoms with van der Waals surface area (Å²) in [7, 11) is -7.32. The minimum atomic E-state index is -3.73. The van der Waals surface area contributed by atoms with Gasteiger partial charge in [0.05, 0.1) is 22.5 Å². The zero-order chi connectivity index (χ0) is 20.9. The first-order valence-corrected chi connectivity index (χ1v) is 12.6. The van der Waals surface area contributed by atoms with E-state index in [-0.39, 0.29) is 23.8 Å². The topological polar surface area (TPSA) is 80.8 Å². The zero-order valence-electron chi connectivity index (χ0n) is 15.9. The monoisotopic (exact) mass is 441 g/mol. The van der Waals surface area contributed by atoms with Crippen molar-refractivity contribution in [3.63, 3.8) is 0 Å². The smallest absolute Gasteiger partial charge is 0.214 e. The number of sulfonamides is 1.